The number of aliphatic hydroxyl groups is 2. The van der Waals surface area contributed by atoms with E-state index in [2.05, 4.69) is 21.9 Å². The molecule has 1 amide bonds. The summed E-state index contributed by atoms with van der Waals surface area (Å²) < 4.78 is 4.68. The second-order valence-corrected chi connectivity index (χ2v) is 6.21. The van der Waals surface area contributed by atoms with Gasteiger partial charge in [-0.3, -0.25) is 4.79 Å². The molecule has 0 fully saturated rings. The van der Waals surface area contributed by atoms with Gasteiger partial charge < -0.3 is 26.0 Å². The van der Waals surface area contributed by atoms with Gasteiger partial charge in [0.2, 0.25) is 0 Å². The number of nitrogens with two attached hydrogens (primary N) is 1. The molecule has 1 unspecified atom stereocenters. The first-order valence-corrected chi connectivity index (χ1v) is 7.93. The molecule has 0 aliphatic rings. The zero-order valence-electron chi connectivity index (χ0n) is 15.0. The van der Waals surface area contributed by atoms with E-state index in [9.17, 15) is 9.59 Å². The Bertz CT molecular complexity index is 708. The Labute approximate surface area is 152 Å². The van der Waals surface area contributed by atoms with Gasteiger partial charge in [-0.05, 0) is 50.3 Å². The van der Waals surface area contributed by atoms with E-state index in [0.717, 1.165) is 0 Å². The first-order chi connectivity index (χ1) is 12.2. The molecular weight excluding hydrogens is 336 g/mol. The highest BCUT2D eigenvalue weighted by Crippen LogP contribution is 2.10. The fourth-order valence-electron chi connectivity index (χ4n) is 1.93. The summed E-state index contributed by atoms with van der Waals surface area (Å²) in [4.78, 5) is 24.1. The molecule has 0 radical (unpaired) electrons. The number of esters is 1. The Morgan fingerprint density at radius 1 is 1.35 bits per heavy atom. The van der Waals surface area contributed by atoms with Crippen LogP contribution in [0.15, 0.2) is 36.4 Å². The van der Waals surface area contributed by atoms with Gasteiger partial charge in [-0.25, -0.2) is 4.79 Å². The van der Waals surface area contributed by atoms with Gasteiger partial charge >= 0.3 is 5.97 Å². The zero-order chi connectivity index (χ0) is 19.7. The van der Waals surface area contributed by atoms with Crippen molar-refractivity contribution in [2.75, 3.05) is 13.7 Å². The van der Waals surface area contributed by atoms with Crippen molar-refractivity contribution < 1.29 is 24.5 Å². The van der Waals surface area contributed by atoms with E-state index in [-0.39, 0.29) is 6.61 Å². The minimum atomic E-state index is -0.986. The molecule has 0 aromatic heterocycles. The number of rotatable bonds is 6. The van der Waals surface area contributed by atoms with Crippen LogP contribution >= 0.6 is 0 Å². The number of methoxy groups -OCH3 is 1. The maximum absolute atomic E-state index is 12.3. The molecular formula is C19H24N2O5. The minimum absolute atomic E-state index is 0.347. The third kappa shape index (κ3) is 6.69. The number of allylic oxidation sites excluding steroid dienone is 1. The topological polar surface area (TPSA) is 122 Å². The highest BCUT2D eigenvalue weighted by atomic mass is 16.5. The minimum Gasteiger partial charge on any atom is -0.467 e. The molecule has 140 valence electrons. The molecule has 5 N–H and O–H groups in total. The van der Waals surface area contributed by atoms with E-state index in [1.807, 2.05) is 0 Å². The molecule has 0 bridgehead atoms. The molecule has 1 aromatic carbocycles. The van der Waals surface area contributed by atoms with Gasteiger partial charge in [-0.2, -0.15) is 0 Å². The monoisotopic (exact) mass is 360 g/mol. The Hall–Kier alpha value is -2.66. The van der Waals surface area contributed by atoms with Crippen LogP contribution in [0, 0.1) is 11.8 Å². The quantitative estimate of drug-likeness (QED) is 0.417. The molecule has 7 heteroatoms. The summed E-state index contributed by atoms with van der Waals surface area (Å²) in [5.74, 6) is 4.46. The van der Waals surface area contributed by atoms with E-state index in [1.54, 1.807) is 38.1 Å². The third-order valence-corrected chi connectivity index (χ3v) is 3.41. The number of ether oxygens (including phenoxy) is 1. The molecule has 1 rings (SSSR count). The normalized spacial score (nSPS) is 13.5. The first kappa shape index (κ1) is 21.4. The maximum Gasteiger partial charge on any atom is 0.330 e. The molecule has 0 saturated heterocycles. The third-order valence-electron chi connectivity index (χ3n) is 3.41. The van der Waals surface area contributed by atoms with Gasteiger partial charge in [0, 0.05) is 16.7 Å². The summed E-state index contributed by atoms with van der Waals surface area (Å²) in [5.41, 5.74) is 5.95. The summed E-state index contributed by atoms with van der Waals surface area (Å²) in [6.45, 7) is 2.87. The van der Waals surface area contributed by atoms with Gasteiger partial charge in [-0.1, -0.05) is 11.8 Å². The summed E-state index contributed by atoms with van der Waals surface area (Å²) in [7, 11) is 1.23. The molecule has 0 aliphatic carbocycles. The second kappa shape index (κ2) is 9.73. The van der Waals surface area contributed by atoms with Crippen molar-refractivity contribution in [1.82, 2.24) is 5.32 Å². The van der Waals surface area contributed by atoms with Crippen molar-refractivity contribution in [2.45, 2.75) is 31.5 Å². The lowest BCUT2D eigenvalue weighted by molar-refractivity contribution is -0.144. The van der Waals surface area contributed by atoms with Gasteiger partial charge in [0.05, 0.1) is 19.8 Å². The highest BCUT2D eigenvalue weighted by molar-refractivity contribution is 5.97. The van der Waals surface area contributed by atoms with Gasteiger partial charge in [0.25, 0.3) is 5.91 Å². The Morgan fingerprint density at radius 2 is 1.96 bits per heavy atom. The molecule has 7 nitrogen and oxygen atoms in total. The SMILES string of the molecule is COC(=O)[C@@H](NC(=O)c1ccc(C#CC=CC(O)CO)cc1)C(C)(C)N. The molecule has 26 heavy (non-hydrogen) atoms. The predicted molar refractivity (Wildman–Crippen MR) is 97.1 cm³/mol. The fourth-order valence-corrected chi connectivity index (χ4v) is 1.93. The lowest BCUT2D eigenvalue weighted by Gasteiger charge is -2.28. The largest absolute Gasteiger partial charge is 0.467 e. The van der Waals surface area contributed by atoms with Crippen LogP contribution < -0.4 is 11.1 Å². The van der Waals surface area contributed by atoms with Gasteiger partial charge in [-0.15, -0.1) is 0 Å². The molecule has 0 heterocycles. The number of hydrogen-bond donors (Lipinski definition) is 4. The van der Waals surface area contributed by atoms with E-state index >= 15 is 0 Å². The lowest BCUT2D eigenvalue weighted by Crippen LogP contribution is -2.59. The summed E-state index contributed by atoms with van der Waals surface area (Å²) in [5, 5.41) is 20.4. The molecule has 0 saturated carbocycles. The number of carbonyl (C=O) groups excluding carboxylic acids is 2. The van der Waals surface area contributed by atoms with Crippen molar-refractivity contribution in [1.29, 1.82) is 0 Å². The van der Waals surface area contributed by atoms with Crippen molar-refractivity contribution in [3.05, 3.63) is 47.5 Å². The number of nitrogens with one attached hydrogen (secondary N) is 1. The average molecular weight is 360 g/mol. The molecule has 1 aromatic rings. The van der Waals surface area contributed by atoms with Gasteiger partial charge in [0.1, 0.15) is 6.04 Å². The second-order valence-electron chi connectivity index (χ2n) is 6.21. The van der Waals surface area contributed by atoms with Crippen LogP contribution in [0.3, 0.4) is 0 Å². The number of aliphatic hydroxyl groups excluding tert-OH is 2. The maximum atomic E-state index is 12.3. The van der Waals surface area contributed by atoms with Crippen LogP contribution in [0.2, 0.25) is 0 Å². The summed E-state index contributed by atoms with van der Waals surface area (Å²) >= 11 is 0. The Balaban J connectivity index is 2.82. The van der Waals surface area contributed by atoms with E-state index in [4.69, 9.17) is 15.9 Å². The lowest BCUT2D eigenvalue weighted by atomic mass is 9.95. The molecule has 0 aliphatic heterocycles. The van der Waals surface area contributed by atoms with Crippen molar-refractivity contribution in [2.24, 2.45) is 5.73 Å². The summed E-state index contributed by atoms with van der Waals surface area (Å²) in [6.07, 6.45) is 1.87. The van der Waals surface area contributed by atoms with Crippen LogP contribution in [0.4, 0.5) is 0 Å². The van der Waals surface area contributed by atoms with E-state index < -0.39 is 29.6 Å². The predicted octanol–water partition coefficient (Wildman–Crippen LogP) is -0.0438. The van der Waals surface area contributed by atoms with Crippen LogP contribution in [-0.4, -0.2) is 53.5 Å². The van der Waals surface area contributed by atoms with Crippen molar-refractivity contribution in [3.63, 3.8) is 0 Å². The number of benzene rings is 1. The fraction of sp³-hybridized carbons (Fsp3) is 0.368. The van der Waals surface area contributed by atoms with Crippen LogP contribution in [0.1, 0.15) is 29.8 Å². The average Bonchev–Trinajstić information content (AvgIpc) is 2.61. The van der Waals surface area contributed by atoms with Crippen LogP contribution in [-0.2, 0) is 9.53 Å². The zero-order valence-corrected chi connectivity index (χ0v) is 15.0. The molecule has 0 spiro atoms. The van der Waals surface area contributed by atoms with E-state index in [1.165, 1.54) is 19.3 Å². The summed E-state index contributed by atoms with van der Waals surface area (Å²) in [6, 6.07) is 5.47. The smallest absolute Gasteiger partial charge is 0.330 e. The number of amides is 1. The van der Waals surface area contributed by atoms with Crippen molar-refractivity contribution in [3.8, 4) is 11.8 Å². The Morgan fingerprint density at radius 3 is 2.46 bits per heavy atom. The van der Waals surface area contributed by atoms with Crippen LogP contribution in [0.25, 0.3) is 0 Å². The standard InChI is InChI=1S/C19H24N2O5/c1-19(2,20)16(18(25)26-3)21-17(24)14-10-8-13(9-11-14)6-4-5-7-15(23)12-22/h5,7-11,15-16,22-23H,12,20H2,1-3H3,(H,21,24)/t15?,16-/m1/s1. The molecule has 2 atom stereocenters. The van der Waals surface area contributed by atoms with Crippen molar-refractivity contribution >= 4 is 11.9 Å². The number of carbonyl (C=O) groups is 2. The Kier molecular flexibility index (Phi) is 8.00. The first-order valence-electron chi connectivity index (χ1n) is 7.93. The van der Waals surface area contributed by atoms with Crippen LogP contribution in [0.5, 0.6) is 0 Å². The van der Waals surface area contributed by atoms with E-state index in [0.29, 0.717) is 11.1 Å². The number of hydrogen-bond acceptors (Lipinski definition) is 6. The van der Waals surface area contributed by atoms with Gasteiger partial charge in [0.15, 0.2) is 0 Å². The highest BCUT2D eigenvalue weighted by Gasteiger charge is 2.34.